The third-order valence-electron chi connectivity index (χ3n) is 9.41. The summed E-state index contributed by atoms with van der Waals surface area (Å²) in [6.07, 6.45) is 4.96. The van der Waals surface area contributed by atoms with Crippen LogP contribution >= 0.6 is 0 Å². The molecule has 2 aliphatic rings. The summed E-state index contributed by atoms with van der Waals surface area (Å²) in [5.41, 5.74) is 2.61. The molecule has 5 rings (SSSR count). The first-order valence-electron chi connectivity index (χ1n) is 17.8. The third-order valence-corrected chi connectivity index (χ3v) is 9.41. The Hall–Kier alpha value is -5.30. The van der Waals surface area contributed by atoms with E-state index in [4.69, 9.17) is 4.74 Å². The van der Waals surface area contributed by atoms with E-state index < -0.39 is 55.0 Å². The van der Waals surface area contributed by atoms with E-state index in [-0.39, 0.29) is 50.2 Å². The number of amides is 5. The van der Waals surface area contributed by atoms with Crippen LogP contribution in [0, 0.1) is 5.92 Å². The smallest absolute Gasteiger partial charge is 0.258 e. The molecule has 0 spiro atoms. The number of ether oxygens (including phenoxy) is 1. The zero-order chi connectivity index (χ0) is 37.0. The second kappa shape index (κ2) is 18.3. The number of nitrogens with zero attached hydrogens (tertiary/aromatic N) is 3. The Morgan fingerprint density at radius 3 is 2.38 bits per heavy atom. The molecule has 13 heteroatoms. The maximum Gasteiger partial charge on any atom is 0.258 e. The lowest BCUT2D eigenvalue weighted by molar-refractivity contribution is -0.141. The predicted molar refractivity (Wildman–Crippen MR) is 193 cm³/mol. The summed E-state index contributed by atoms with van der Waals surface area (Å²) < 4.78 is 5.81. The fourth-order valence-electron chi connectivity index (χ4n) is 6.51. The molecule has 2 bridgehead atoms. The van der Waals surface area contributed by atoms with Crippen molar-refractivity contribution in [2.24, 2.45) is 5.92 Å². The predicted octanol–water partition coefficient (Wildman–Crippen LogP) is 1.60. The molecule has 0 radical (unpaired) electrons. The summed E-state index contributed by atoms with van der Waals surface area (Å²) in [6.45, 7) is 3.27. The number of likely N-dealkylation sites (tertiary alicyclic amines) is 1. The number of aromatic nitrogens is 1. The summed E-state index contributed by atoms with van der Waals surface area (Å²) >= 11 is 0. The van der Waals surface area contributed by atoms with Crippen molar-refractivity contribution in [3.63, 3.8) is 0 Å². The average Bonchev–Trinajstić information content (AvgIpc) is 3.57. The number of aliphatic hydroxyl groups excluding tert-OH is 1. The van der Waals surface area contributed by atoms with Gasteiger partial charge in [-0.1, -0.05) is 56.3 Å². The van der Waals surface area contributed by atoms with Crippen molar-refractivity contribution >= 4 is 29.5 Å². The van der Waals surface area contributed by atoms with Crippen molar-refractivity contribution in [2.75, 3.05) is 39.4 Å². The number of hydrogen-bond acceptors (Lipinski definition) is 8. The summed E-state index contributed by atoms with van der Waals surface area (Å²) in [4.78, 5) is 75.0. The lowest BCUT2D eigenvalue weighted by Crippen LogP contribution is -2.56. The highest BCUT2D eigenvalue weighted by Gasteiger charge is 2.39. The fraction of sp³-hybridized carbons (Fsp3) is 0.436. The molecule has 1 saturated heterocycles. The van der Waals surface area contributed by atoms with Gasteiger partial charge in [0.05, 0.1) is 19.2 Å². The van der Waals surface area contributed by atoms with Gasteiger partial charge in [-0.2, -0.15) is 0 Å². The number of aliphatic hydroxyl groups is 1. The van der Waals surface area contributed by atoms with E-state index in [1.165, 1.54) is 4.90 Å². The number of benzene rings is 2. The van der Waals surface area contributed by atoms with Crippen LogP contribution < -0.4 is 20.7 Å². The van der Waals surface area contributed by atoms with E-state index in [1.54, 1.807) is 35.5 Å². The highest BCUT2D eigenvalue weighted by Crippen LogP contribution is 2.31. The molecule has 13 nitrogen and oxygen atoms in total. The highest BCUT2D eigenvalue weighted by molar-refractivity contribution is 5.93. The largest absolute Gasteiger partial charge is 0.484 e. The lowest BCUT2D eigenvalue weighted by Gasteiger charge is -2.29. The molecule has 0 aliphatic carbocycles. The molecule has 1 aromatic heterocycles. The van der Waals surface area contributed by atoms with Gasteiger partial charge in [0, 0.05) is 50.8 Å². The Bertz CT molecular complexity index is 1690. The van der Waals surface area contributed by atoms with Crippen LogP contribution in [0.15, 0.2) is 79.1 Å². The van der Waals surface area contributed by atoms with Crippen LogP contribution in [0.25, 0.3) is 0 Å². The Balaban J connectivity index is 1.45. The van der Waals surface area contributed by atoms with Crippen molar-refractivity contribution in [2.45, 2.75) is 63.6 Å². The van der Waals surface area contributed by atoms with Crippen LogP contribution in [0.4, 0.5) is 0 Å². The second-order valence-electron chi connectivity index (χ2n) is 13.8. The number of carbonyl (C=O) groups excluding carboxylic acids is 5. The summed E-state index contributed by atoms with van der Waals surface area (Å²) in [7, 11) is 0. The first-order chi connectivity index (χ1) is 25.1. The van der Waals surface area contributed by atoms with Crippen LogP contribution in [0.1, 0.15) is 49.3 Å². The minimum Gasteiger partial charge on any atom is -0.484 e. The highest BCUT2D eigenvalue weighted by atomic mass is 16.5. The zero-order valence-corrected chi connectivity index (χ0v) is 29.7. The maximum atomic E-state index is 14.2. The Kier molecular flexibility index (Phi) is 13.3. The van der Waals surface area contributed by atoms with Gasteiger partial charge in [0.2, 0.25) is 23.6 Å². The topological polar surface area (TPSA) is 170 Å². The van der Waals surface area contributed by atoms with Gasteiger partial charge in [-0.3, -0.25) is 29.0 Å². The molecule has 52 heavy (non-hydrogen) atoms. The number of carbonyl (C=O) groups is 5. The van der Waals surface area contributed by atoms with Gasteiger partial charge in [0.1, 0.15) is 17.8 Å². The van der Waals surface area contributed by atoms with Crippen LogP contribution in [-0.2, 0) is 36.8 Å². The molecular weight excluding hydrogens is 664 g/mol. The quantitative estimate of drug-likeness (QED) is 0.259. The molecule has 276 valence electrons. The monoisotopic (exact) mass is 712 g/mol. The van der Waals surface area contributed by atoms with Crippen molar-refractivity contribution in [1.82, 2.24) is 30.7 Å². The fourth-order valence-corrected chi connectivity index (χ4v) is 6.51. The number of nitrogens with one attached hydrogen (secondary N) is 3. The lowest BCUT2D eigenvalue weighted by atomic mass is 9.93. The Morgan fingerprint density at radius 2 is 1.65 bits per heavy atom. The normalized spacial score (nSPS) is 21.7. The minimum atomic E-state index is -1.30. The molecular formula is C39H48N6O7. The number of rotatable bonds is 9. The van der Waals surface area contributed by atoms with Crippen molar-refractivity contribution in [3.05, 3.63) is 95.8 Å². The summed E-state index contributed by atoms with van der Waals surface area (Å²) in [5.74, 6) is -2.01. The number of fused-ring (bicyclic) bond motifs is 4. The molecule has 3 aromatic rings. The number of pyridine rings is 1. The molecule has 4 N–H and O–H groups in total. The van der Waals surface area contributed by atoms with Crippen LogP contribution in [-0.4, -0.2) is 107 Å². The van der Waals surface area contributed by atoms with Gasteiger partial charge in [0.15, 0.2) is 6.61 Å². The van der Waals surface area contributed by atoms with Gasteiger partial charge < -0.3 is 35.6 Å². The van der Waals surface area contributed by atoms with Gasteiger partial charge in [0.25, 0.3) is 5.91 Å². The Morgan fingerprint density at radius 1 is 0.904 bits per heavy atom. The molecule has 2 aromatic carbocycles. The molecule has 5 amide bonds. The standard InChI is InChI=1S/C39H48N6O7/c1-26(2)15-18-44-23-35(47)41-32(19-28-7-4-3-5-8-28)38(50)43-33-22-45(37(49)12-11-27-13-16-40-17-14-27)21-31(33)29-9-6-10-30(20-29)52-25-36(48)42-34(24-46)39(44)51/h3-10,13-14,16-17,20,26,31-34,46H,11-12,15,18-19,21-25H2,1-2H3,(H,41,47)(H,42,48)(H,43,50)/t31-,32-,33+,34-/m0/s1. The number of aryl methyl sites for hydroxylation is 1. The molecule has 3 heterocycles. The maximum absolute atomic E-state index is 14.2. The van der Waals surface area contributed by atoms with Gasteiger partial charge in [-0.15, -0.1) is 0 Å². The third kappa shape index (κ3) is 10.6. The van der Waals surface area contributed by atoms with E-state index in [2.05, 4.69) is 20.9 Å². The van der Waals surface area contributed by atoms with Crippen molar-refractivity contribution in [3.8, 4) is 5.75 Å². The molecule has 1 fully saturated rings. The molecule has 4 atom stereocenters. The van der Waals surface area contributed by atoms with E-state index in [1.807, 2.05) is 62.4 Å². The average molecular weight is 713 g/mol. The summed E-state index contributed by atoms with van der Waals surface area (Å²) in [6, 6.07) is 17.4. The van der Waals surface area contributed by atoms with Crippen LogP contribution in [0.5, 0.6) is 5.75 Å². The van der Waals surface area contributed by atoms with Crippen LogP contribution in [0.3, 0.4) is 0 Å². The van der Waals surface area contributed by atoms with Gasteiger partial charge >= 0.3 is 0 Å². The van der Waals surface area contributed by atoms with Crippen molar-refractivity contribution in [1.29, 1.82) is 0 Å². The van der Waals surface area contributed by atoms with Gasteiger partial charge in [-0.05, 0) is 59.7 Å². The van der Waals surface area contributed by atoms with E-state index in [0.717, 1.165) is 16.7 Å². The molecule has 0 saturated carbocycles. The van der Waals surface area contributed by atoms with Crippen LogP contribution in [0.2, 0.25) is 0 Å². The first-order valence-corrected chi connectivity index (χ1v) is 17.8. The van der Waals surface area contributed by atoms with Crippen molar-refractivity contribution < 1.29 is 33.8 Å². The molecule has 2 aliphatic heterocycles. The Labute approximate surface area is 304 Å². The van der Waals surface area contributed by atoms with E-state index in [0.29, 0.717) is 25.1 Å². The second-order valence-corrected chi connectivity index (χ2v) is 13.8. The van der Waals surface area contributed by atoms with Gasteiger partial charge in [-0.25, -0.2) is 0 Å². The number of hydrogen-bond donors (Lipinski definition) is 4. The SMILES string of the molecule is CC(C)CCN1CC(=O)N[C@@H](Cc2ccccc2)C(=O)N[C@@H]2CN(C(=O)CCc3ccncc3)C[C@H]2c2cccc(c2)OCC(=O)N[C@@H](CO)C1=O. The summed E-state index contributed by atoms with van der Waals surface area (Å²) in [5, 5.41) is 18.6. The first kappa shape index (κ1) is 37.9. The molecule has 0 unspecified atom stereocenters. The zero-order valence-electron chi connectivity index (χ0n) is 29.7. The minimum absolute atomic E-state index is 0.0558. The van der Waals surface area contributed by atoms with E-state index >= 15 is 0 Å². The van der Waals surface area contributed by atoms with E-state index in [9.17, 15) is 29.1 Å².